The average molecular weight is 496 g/mol. The third-order valence-corrected chi connectivity index (χ3v) is 2.45. The van der Waals surface area contributed by atoms with E-state index in [1.165, 1.54) is 0 Å². The first-order chi connectivity index (χ1) is 20.4. The number of terminal acetylenes is 1. The van der Waals surface area contributed by atoms with Crippen molar-refractivity contribution >= 4 is 0 Å². The minimum atomic E-state index is 1.69. The van der Waals surface area contributed by atoms with Gasteiger partial charge >= 0.3 is 0 Å². The van der Waals surface area contributed by atoms with Gasteiger partial charge in [0.1, 0.15) is 0 Å². The molecule has 0 N–H and O–H groups in total. The van der Waals surface area contributed by atoms with Crippen molar-refractivity contribution in [1.82, 2.24) is 0 Å². The van der Waals surface area contributed by atoms with Crippen molar-refractivity contribution in [2.45, 2.75) is 6.92 Å². The highest BCUT2D eigenvalue weighted by molar-refractivity contribution is 5.49. The maximum Gasteiger partial charge on any atom is 0 e. The first-order valence-electron chi connectivity index (χ1n) is 10.3. The SMILES string of the molecule is C#CC#CC#CC#CC#CC#CC#CC#CC#CC#CC#CC#CC#CC#CC#CC#CC#CC#CC#CC#CC. The molecule has 41 heavy (non-hydrogen) atoms. The first-order valence-corrected chi connectivity index (χ1v) is 10.3. The van der Waals surface area contributed by atoms with Crippen LogP contribution in [0.1, 0.15) is 6.92 Å². The Bertz CT molecular complexity index is 2360. The van der Waals surface area contributed by atoms with Crippen LogP contribution in [0.5, 0.6) is 0 Å². The second-order valence-corrected chi connectivity index (χ2v) is 5.02. The second kappa shape index (κ2) is 31.2. The van der Waals surface area contributed by atoms with Crippen molar-refractivity contribution in [2.75, 3.05) is 0 Å². The fourth-order valence-corrected chi connectivity index (χ4v) is 1.19. The maximum absolute atomic E-state index is 4.93. The van der Waals surface area contributed by atoms with Crippen molar-refractivity contribution in [3.8, 4) is 237 Å². The van der Waals surface area contributed by atoms with E-state index in [2.05, 4.69) is 231 Å². The minimum absolute atomic E-state index is 1.69. The van der Waals surface area contributed by atoms with Gasteiger partial charge in [0, 0.05) is 130 Å². The molecule has 0 aromatic rings. The molecule has 0 saturated carbocycles. The molecule has 0 bridgehead atoms. The van der Waals surface area contributed by atoms with Gasteiger partial charge in [-0.25, -0.2) is 0 Å². The van der Waals surface area contributed by atoms with Crippen LogP contribution in [0.4, 0.5) is 0 Å². The minimum Gasteiger partial charge on any atom is -0.106 e. The Morgan fingerprint density at radius 1 is 0.195 bits per heavy atom. The van der Waals surface area contributed by atoms with Gasteiger partial charge in [0.25, 0.3) is 0 Å². The highest BCUT2D eigenvalue weighted by Gasteiger charge is 1.61. The summed E-state index contributed by atoms with van der Waals surface area (Å²) in [6.07, 6.45) is 4.93. The molecule has 0 atom stereocenters. The van der Waals surface area contributed by atoms with Gasteiger partial charge < -0.3 is 0 Å². The van der Waals surface area contributed by atoms with Crippen LogP contribution in [0.2, 0.25) is 0 Å². The van der Waals surface area contributed by atoms with E-state index in [0.717, 1.165) is 0 Å². The highest BCUT2D eigenvalue weighted by Crippen LogP contribution is 1.61. The largest absolute Gasteiger partial charge is 0.106 e. The van der Waals surface area contributed by atoms with E-state index < -0.39 is 0 Å². The van der Waals surface area contributed by atoms with Crippen molar-refractivity contribution in [2.24, 2.45) is 0 Å². The zero-order valence-electron chi connectivity index (χ0n) is 21.1. The van der Waals surface area contributed by atoms with E-state index in [1.54, 1.807) is 6.92 Å². The molecule has 0 aromatic carbocycles. The van der Waals surface area contributed by atoms with Gasteiger partial charge in [-0.05, 0) is 102 Å². The molecular formula is C41H4. The van der Waals surface area contributed by atoms with Gasteiger partial charge in [0.05, 0.1) is 0 Å². The summed E-state index contributed by atoms with van der Waals surface area (Å²) >= 11 is 0. The van der Waals surface area contributed by atoms with Crippen LogP contribution >= 0.6 is 0 Å². The lowest BCUT2D eigenvalue weighted by atomic mass is 10.4. The highest BCUT2D eigenvalue weighted by atomic mass is 13.6. The van der Waals surface area contributed by atoms with Crippen molar-refractivity contribution in [3.63, 3.8) is 0 Å². The van der Waals surface area contributed by atoms with E-state index in [9.17, 15) is 0 Å². The summed E-state index contributed by atoms with van der Waals surface area (Å²) in [7, 11) is 0. The normalized spacial score (nSPS) is 3.90. The standard InChI is InChI=1S/C41H4/c1-3-5-7-9-11-13-15-17-19-21-23-25-27-29-31-33-35-37-39-41-40-38-36-34-32-30-28-26-24-22-20-18-16-14-12-10-8-6-4-2/h1H,2H3. The number of rotatable bonds is 0. The molecule has 0 aliphatic carbocycles. The Hall–Kier alpha value is -8.80. The van der Waals surface area contributed by atoms with Gasteiger partial charge in [-0.15, -0.1) is 6.42 Å². The van der Waals surface area contributed by atoms with Crippen LogP contribution in [-0.4, -0.2) is 0 Å². The number of hydrogen-bond donors (Lipinski definition) is 0. The summed E-state index contributed by atoms with van der Waals surface area (Å²) < 4.78 is 0. The monoisotopic (exact) mass is 496 g/mol. The van der Waals surface area contributed by atoms with E-state index in [-0.39, 0.29) is 0 Å². The maximum atomic E-state index is 4.93. The zero-order valence-corrected chi connectivity index (χ0v) is 21.1. The van der Waals surface area contributed by atoms with Crippen LogP contribution in [0.3, 0.4) is 0 Å². The molecule has 0 spiro atoms. The van der Waals surface area contributed by atoms with Crippen molar-refractivity contribution in [3.05, 3.63) is 0 Å². The molecule has 0 heteroatoms. The Kier molecular flexibility index (Phi) is 24.5. The summed E-state index contributed by atoms with van der Waals surface area (Å²) in [5.41, 5.74) is 0. The predicted octanol–water partition coefficient (Wildman–Crippen LogP) is 0.704. The van der Waals surface area contributed by atoms with Gasteiger partial charge in [0.15, 0.2) is 0 Å². The summed E-state index contributed by atoms with van der Waals surface area (Å²) in [5, 5.41) is 0. The molecule has 0 heterocycles. The van der Waals surface area contributed by atoms with Crippen LogP contribution < -0.4 is 0 Å². The molecule has 0 aliphatic rings. The molecule has 0 saturated heterocycles. The third-order valence-electron chi connectivity index (χ3n) is 2.45. The number of hydrogen-bond acceptors (Lipinski definition) is 0. The van der Waals surface area contributed by atoms with Gasteiger partial charge in [-0.2, -0.15) is 0 Å². The lowest BCUT2D eigenvalue weighted by Crippen LogP contribution is -1.57. The van der Waals surface area contributed by atoms with Crippen LogP contribution in [0.25, 0.3) is 0 Å². The summed E-state index contributed by atoms with van der Waals surface area (Å²) in [4.78, 5) is 0. The van der Waals surface area contributed by atoms with Crippen molar-refractivity contribution < 1.29 is 0 Å². The predicted molar refractivity (Wildman–Crippen MR) is 162 cm³/mol. The summed E-state index contributed by atoms with van der Waals surface area (Å²) in [5.74, 6) is 96.9. The molecule has 0 nitrogen and oxygen atoms in total. The van der Waals surface area contributed by atoms with Crippen LogP contribution in [0.15, 0.2) is 0 Å². The van der Waals surface area contributed by atoms with E-state index in [1.807, 2.05) is 0 Å². The second-order valence-electron chi connectivity index (χ2n) is 5.02. The molecular weight excluding hydrogens is 492 g/mol. The zero-order chi connectivity index (χ0) is 29.6. The smallest absolute Gasteiger partial charge is 0 e. The topological polar surface area (TPSA) is 0 Å². The Balaban J connectivity index is 4.53. The lowest BCUT2D eigenvalue weighted by Gasteiger charge is -1.57. The molecule has 0 rings (SSSR count). The Labute approximate surface area is 243 Å². The third kappa shape index (κ3) is 31.2. The van der Waals surface area contributed by atoms with Gasteiger partial charge in [0.2, 0.25) is 0 Å². The fourth-order valence-electron chi connectivity index (χ4n) is 1.19. The summed E-state index contributed by atoms with van der Waals surface area (Å²) in [6, 6.07) is 0. The molecule has 0 amide bonds. The molecule has 0 unspecified atom stereocenters. The molecule has 0 aromatic heterocycles. The van der Waals surface area contributed by atoms with E-state index in [4.69, 9.17) is 6.42 Å². The Morgan fingerprint density at radius 2 is 0.317 bits per heavy atom. The van der Waals surface area contributed by atoms with E-state index >= 15 is 0 Å². The van der Waals surface area contributed by atoms with Crippen molar-refractivity contribution in [1.29, 1.82) is 0 Å². The lowest BCUT2D eigenvalue weighted by molar-refractivity contribution is 1.92. The average Bonchev–Trinajstić information content (AvgIpc) is 2.98. The van der Waals surface area contributed by atoms with Gasteiger partial charge in [-0.3, -0.25) is 0 Å². The fraction of sp³-hybridized carbons (Fsp3) is 0.0244. The van der Waals surface area contributed by atoms with Crippen LogP contribution in [-0.2, 0) is 0 Å². The molecule has 168 valence electrons. The molecule has 0 fully saturated rings. The Morgan fingerprint density at radius 3 is 0.439 bits per heavy atom. The first kappa shape index (κ1) is 32.2. The van der Waals surface area contributed by atoms with Crippen LogP contribution in [0, 0.1) is 237 Å². The summed E-state index contributed by atoms with van der Waals surface area (Å²) in [6.45, 7) is 1.69. The van der Waals surface area contributed by atoms with E-state index in [0.29, 0.717) is 0 Å². The van der Waals surface area contributed by atoms with Gasteiger partial charge in [-0.1, -0.05) is 5.92 Å². The molecule has 0 aliphatic heterocycles. The quantitative estimate of drug-likeness (QED) is 0.434. The molecule has 0 radical (unpaired) electrons.